The van der Waals surface area contributed by atoms with E-state index >= 15 is 0 Å². The van der Waals surface area contributed by atoms with E-state index in [2.05, 4.69) is 5.32 Å². The minimum atomic E-state index is -1.17. The normalized spacial score (nSPS) is 21.6. The third kappa shape index (κ3) is 4.00. The molecule has 1 fully saturated rings. The molecule has 6 nitrogen and oxygen atoms in total. The number of fused-ring (bicyclic) bond motifs is 1. The summed E-state index contributed by atoms with van der Waals surface area (Å²) in [6.07, 6.45) is 0.390. The zero-order valence-corrected chi connectivity index (χ0v) is 20.5. The summed E-state index contributed by atoms with van der Waals surface area (Å²) in [5.41, 5.74) is 2.44. The predicted molar refractivity (Wildman–Crippen MR) is 137 cm³/mol. The highest BCUT2D eigenvalue weighted by Crippen LogP contribution is 2.43. The molecular formula is C28H27N3O3S. The second-order valence-electron chi connectivity index (χ2n) is 8.92. The van der Waals surface area contributed by atoms with Crippen molar-refractivity contribution in [2.24, 2.45) is 0 Å². The largest absolute Gasteiger partial charge is 0.325 e. The van der Waals surface area contributed by atoms with Gasteiger partial charge in [-0.15, -0.1) is 11.8 Å². The van der Waals surface area contributed by atoms with Crippen LogP contribution in [0.5, 0.6) is 0 Å². The van der Waals surface area contributed by atoms with Crippen molar-refractivity contribution < 1.29 is 14.4 Å². The maximum atomic E-state index is 13.8. The molecular weight excluding hydrogens is 458 g/mol. The molecule has 4 amide bonds. The van der Waals surface area contributed by atoms with Gasteiger partial charge < -0.3 is 10.2 Å². The number of imide groups is 1. The van der Waals surface area contributed by atoms with Crippen LogP contribution < -0.4 is 10.2 Å². The molecule has 7 heteroatoms. The Labute approximate surface area is 209 Å². The molecule has 0 aromatic heterocycles. The number of nitrogens with zero attached hydrogens (tertiary/aromatic N) is 2. The first-order valence-corrected chi connectivity index (χ1v) is 12.7. The molecule has 35 heavy (non-hydrogen) atoms. The number of carbonyl (C=O) groups excluding carboxylic acids is 3. The summed E-state index contributed by atoms with van der Waals surface area (Å²) in [5, 5.41) is 2.89. The lowest BCUT2D eigenvalue weighted by Gasteiger charge is -2.37. The van der Waals surface area contributed by atoms with Gasteiger partial charge in [0.15, 0.2) is 0 Å². The zero-order valence-electron chi connectivity index (χ0n) is 19.7. The van der Waals surface area contributed by atoms with Crippen molar-refractivity contribution in [3.8, 4) is 0 Å². The lowest BCUT2D eigenvalue weighted by atomic mass is 9.86. The summed E-state index contributed by atoms with van der Waals surface area (Å²) < 4.78 is 0. The van der Waals surface area contributed by atoms with Gasteiger partial charge in [0, 0.05) is 10.6 Å². The van der Waals surface area contributed by atoms with Gasteiger partial charge in [0.1, 0.15) is 12.1 Å². The molecule has 0 saturated carbocycles. The summed E-state index contributed by atoms with van der Waals surface area (Å²) in [5.74, 6) is 0.0128. The number of anilines is 1. The zero-order chi connectivity index (χ0) is 24.6. The first-order chi connectivity index (χ1) is 16.9. The standard InChI is InChI=1S/C28H27N3O3S/c1-3-28(21-15-13-19(2)14-16-21)26(33)30(27(34)29-28)17-25(32)31-22-11-7-8-12-24(22)35-18-23(31)20-9-5-4-6-10-20/h4-16,23H,3,17-18H2,1-2H3,(H,29,34)/t23-,28-/m0/s1. The maximum Gasteiger partial charge on any atom is 0.325 e. The van der Waals surface area contributed by atoms with Crippen LogP contribution in [0.2, 0.25) is 0 Å². The van der Waals surface area contributed by atoms with Crippen LogP contribution in [0.25, 0.3) is 0 Å². The van der Waals surface area contributed by atoms with Crippen LogP contribution in [0.15, 0.2) is 83.8 Å². The number of rotatable bonds is 5. The van der Waals surface area contributed by atoms with Crippen LogP contribution in [0, 0.1) is 6.92 Å². The Hall–Kier alpha value is -3.58. The molecule has 2 atom stereocenters. The van der Waals surface area contributed by atoms with Gasteiger partial charge in [0.25, 0.3) is 5.91 Å². The van der Waals surface area contributed by atoms with E-state index < -0.39 is 17.5 Å². The number of aryl methyl sites for hydroxylation is 1. The Morgan fingerprint density at radius 1 is 1.00 bits per heavy atom. The van der Waals surface area contributed by atoms with Crippen LogP contribution >= 0.6 is 11.8 Å². The fourth-order valence-corrected chi connectivity index (χ4v) is 6.04. The predicted octanol–water partition coefficient (Wildman–Crippen LogP) is 5.03. The number of thioether (sulfide) groups is 1. The molecule has 3 aromatic rings. The molecule has 0 radical (unpaired) electrons. The third-order valence-electron chi connectivity index (χ3n) is 6.83. The molecule has 178 valence electrons. The van der Waals surface area contributed by atoms with E-state index in [1.54, 1.807) is 16.7 Å². The summed E-state index contributed by atoms with van der Waals surface area (Å²) in [7, 11) is 0. The van der Waals surface area contributed by atoms with Gasteiger partial charge in [-0.2, -0.15) is 0 Å². The van der Waals surface area contributed by atoms with Crippen LogP contribution in [0.3, 0.4) is 0 Å². The topological polar surface area (TPSA) is 69.7 Å². The quantitative estimate of drug-likeness (QED) is 0.515. The molecule has 2 aliphatic rings. The van der Waals surface area contributed by atoms with E-state index in [0.717, 1.165) is 32.2 Å². The first kappa shape index (κ1) is 23.2. The van der Waals surface area contributed by atoms with Gasteiger partial charge in [0.05, 0.1) is 11.7 Å². The highest BCUT2D eigenvalue weighted by atomic mass is 32.2. The van der Waals surface area contributed by atoms with Crippen molar-refractivity contribution in [1.29, 1.82) is 0 Å². The lowest BCUT2D eigenvalue weighted by molar-refractivity contribution is -0.134. The summed E-state index contributed by atoms with van der Waals surface area (Å²) in [4.78, 5) is 44.3. The van der Waals surface area contributed by atoms with E-state index in [9.17, 15) is 14.4 Å². The monoisotopic (exact) mass is 485 g/mol. The number of nitrogens with one attached hydrogen (secondary N) is 1. The Morgan fingerprint density at radius 3 is 2.40 bits per heavy atom. The molecule has 0 unspecified atom stereocenters. The van der Waals surface area contributed by atoms with Crippen molar-refractivity contribution in [3.05, 3.63) is 95.6 Å². The number of para-hydroxylation sites is 1. The summed E-state index contributed by atoms with van der Waals surface area (Å²) in [6.45, 7) is 3.52. The van der Waals surface area contributed by atoms with E-state index in [1.807, 2.05) is 92.7 Å². The number of urea groups is 1. The highest BCUT2D eigenvalue weighted by molar-refractivity contribution is 7.99. The molecule has 2 aliphatic heterocycles. The molecule has 0 aliphatic carbocycles. The van der Waals surface area contributed by atoms with Crippen LogP contribution in [-0.2, 0) is 15.1 Å². The molecule has 5 rings (SSSR count). The Balaban J connectivity index is 1.47. The van der Waals surface area contributed by atoms with E-state index in [-0.39, 0.29) is 18.5 Å². The van der Waals surface area contributed by atoms with Gasteiger partial charge in [0.2, 0.25) is 5.91 Å². The van der Waals surface area contributed by atoms with Gasteiger partial charge in [-0.05, 0) is 36.6 Å². The molecule has 3 aromatic carbocycles. The highest BCUT2D eigenvalue weighted by Gasteiger charge is 2.52. The second kappa shape index (κ2) is 9.23. The Bertz CT molecular complexity index is 1280. The smallest absolute Gasteiger partial charge is 0.319 e. The van der Waals surface area contributed by atoms with E-state index in [1.165, 1.54) is 0 Å². The molecule has 2 heterocycles. The average molecular weight is 486 g/mol. The van der Waals surface area contributed by atoms with Crippen molar-refractivity contribution in [2.45, 2.75) is 36.7 Å². The fourth-order valence-electron chi connectivity index (χ4n) is 4.88. The Kier molecular flexibility index (Phi) is 6.11. The van der Waals surface area contributed by atoms with Crippen molar-refractivity contribution in [2.75, 3.05) is 17.2 Å². The number of amides is 4. The third-order valence-corrected chi connectivity index (χ3v) is 7.97. The van der Waals surface area contributed by atoms with Crippen LogP contribution in [0.4, 0.5) is 10.5 Å². The fraction of sp³-hybridized carbons (Fsp3) is 0.250. The van der Waals surface area contributed by atoms with Gasteiger partial charge in [-0.3, -0.25) is 14.5 Å². The minimum absolute atomic E-state index is 0.197. The minimum Gasteiger partial charge on any atom is -0.319 e. The second-order valence-corrected chi connectivity index (χ2v) is 9.98. The summed E-state index contributed by atoms with van der Waals surface area (Å²) >= 11 is 1.70. The average Bonchev–Trinajstić information content (AvgIpc) is 3.14. The first-order valence-electron chi connectivity index (χ1n) is 11.7. The Morgan fingerprint density at radius 2 is 1.69 bits per heavy atom. The molecule has 0 bridgehead atoms. The van der Waals surface area contributed by atoms with E-state index in [0.29, 0.717) is 12.2 Å². The van der Waals surface area contributed by atoms with Crippen molar-refractivity contribution in [3.63, 3.8) is 0 Å². The van der Waals surface area contributed by atoms with Gasteiger partial charge in [-0.1, -0.05) is 79.2 Å². The molecule has 0 spiro atoms. The molecule has 1 N–H and O–H groups in total. The van der Waals surface area contributed by atoms with E-state index in [4.69, 9.17) is 0 Å². The van der Waals surface area contributed by atoms with Crippen LogP contribution in [-0.4, -0.2) is 35.0 Å². The lowest BCUT2D eigenvalue weighted by Crippen LogP contribution is -2.47. The maximum absolute atomic E-state index is 13.8. The van der Waals surface area contributed by atoms with Gasteiger partial charge >= 0.3 is 6.03 Å². The number of benzene rings is 3. The SMILES string of the molecule is CC[C@@]1(c2ccc(C)cc2)NC(=O)N(CC(=O)N2c3ccccc3SC[C@H]2c2ccccc2)C1=O. The van der Waals surface area contributed by atoms with Gasteiger partial charge in [-0.25, -0.2) is 4.79 Å². The van der Waals surface area contributed by atoms with Crippen molar-refractivity contribution in [1.82, 2.24) is 10.2 Å². The molecule has 1 saturated heterocycles. The van der Waals surface area contributed by atoms with Crippen LogP contribution in [0.1, 0.15) is 36.1 Å². The number of hydrogen-bond acceptors (Lipinski definition) is 4. The number of hydrogen-bond donors (Lipinski definition) is 1. The summed E-state index contributed by atoms with van der Waals surface area (Å²) in [6, 6.07) is 24.5. The number of carbonyl (C=O) groups is 3. The van der Waals surface area contributed by atoms with Crippen molar-refractivity contribution >= 4 is 35.3 Å².